The highest BCUT2D eigenvalue weighted by molar-refractivity contribution is 6.30. The van der Waals surface area contributed by atoms with Gasteiger partial charge in [0, 0.05) is 10.6 Å². The second-order valence-corrected chi connectivity index (χ2v) is 4.92. The van der Waals surface area contributed by atoms with E-state index in [9.17, 15) is 23.1 Å². The number of alkyl halides is 3. The normalized spacial score (nSPS) is 11.7. The summed E-state index contributed by atoms with van der Waals surface area (Å²) in [7, 11) is 0. The largest absolute Gasteiger partial charge is 0.573 e. The molecule has 0 aromatic heterocycles. The Morgan fingerprint density at radius 1 is 1.13 bits per heavy atom. The molecule has 0 heterocycles. The highest BCUT2D eigenvalue weighted by Crippen LogP contribution is 2.32. The van der Waals surface area contributed by atoms with Crippen molar-refractivity contribution >= 4 is 23.5 Å². The molecular formula is C16H10ClF3O3. The fourth-order valence-corrected chi connectivity index (χ4v) is 1.85. The maximum absolute atomic E-state index is 12.2. The third-order valence-corrected chi connectivity index (χ3v) is 3.02. The van der Waals surface area contributed by atoms with E-state index in [1.807, 2.05) is 0 Å². The number of phenols is 1. The molecule has 0 unspecified atom stereocenters. The second-order valence-electron chi connectivity index (χ2n) is 4.48. The van der Waals surface area contributed by atoms with E-state index >= 15 is 0 Å². The third-order valence-electron chi connectivity index (χ3n) is 2.77. The van der Waals surface area contributed by atoms with Gasteiger partial charge in [-0.25, -0.2) is 0 Å². The monoisotopic (exact) mass is 342 g/mol. The molecule has 120 valence electrons. The second kappa shape index (κ2) is 6.75. The van der Waals surface area contributed by atoms with Gasteiger partial charge in [-0.3, -0.25) is 4.79 Å². The van der Waals surface area contributed by atoms with E-state index in [4.69, 9.17) is 11.6 Å². The Labute approximate surface area is 134 Å². The SMILES string of the molecule is O=C(/C=C/c1ccc(O)c(OC(F)(F)F)c1)c1ccc(Cl)cc1. The van der Waals surface area contributed by atoms with Gasteiger partial charge < -0.3 is 9.84 Å². The molecule has 0 atom stereocenters. The van der Waals surface area contributed by atoms with Crippen molar-refractivity contribution in [3.63, 3.8) is 0 Å². The number of ketones is 1. The van der Waals surface area contributed by atoms with Gasteiger partial charge in [0.05, 0.1) is 0 Å². The zero-order chi connectivity index (χ0) is 17.0. The van der Waals surface area contributed by atoms with Crippen LogP contribution >= 0.6 is 11.6 Å². The molecule has 0 amide bonds. The number of allylic oxidation sites excluding steroid dienone is 1. The summed E-state index contributed by atoms with van der Waals surface area (Å²) in [5, 5.41) is 9.84. The van der Waals surface area contributed by atoms with Crippen molar-refractivity contribution in [3.8, 4) is 11.5 Å². The minimum absolute atomic E-state index is 0.268. The lowest BCUT2D eigenvalue weighted by Gasteiger charge is -2.10. The molecule has 0 saturated heterocycles. The summed E-state index contributed by atoms with van der Waals surface area (Å²) >= 11 is 5.72. The van der Waals surface area contributed by atoms with E-state index in [1.54, 1.807) is 12.1 Å². The minimum Gasteiger partial charge on any atom is -0.504 e. The Bertz CT molecular complexity index is 737. The van der Waals surface area contributed by atoms with Crippen molar-refractivity contribution in [2.24, 2.45) is 0 Å². The number of halogens is 4. The number of benzene rings is 2. The molecule has 0 fully saturated rings. The van der Waals surface area contributed by atoms with E-state index in [1.165, 1.54) is 30.4 Å². The van der Waals surface area contributed by atoms with Crippen molar-refractivity contribution in [1.29, 1.82) is 0 Å². The smallest absolute Gasteiger partial charge is 0.504 e. The molecule has 2 aromatic carbocycles. The fraction of sp³-hybridized carbons (Fsp3) is 0.0625. The van der Waals surface area contributed by atoms with Crippen molar-refractivity contribution < 1.29 is 27.8 Å². The highest BCUT2D eigenvalue weighted by atomic mass is 35.5. The van der Waals surface area contributed by atoms with Crippen LogP contribution < -0.4 is 4.74 Å². The lowest BCUT2D eigenvalue weighted by molar-refractivity contribution is -0.275. The molecule has 2 rings (SSSR count). The zero-order valence-electron chi connectivity index (χ0n) is 11.5. The lowest BCUT2D eigenvalue weighted by Crippen LogP contribution is -2.17. The number of ether oxygens (including phenoxy) is 1. The van der Waals surface area contributed by atoms with Crippen LogP contribution in [0.5, 0.6) is 11.5 Å². The first-order chi connectivity index (χ1) is 10.7. The summed E-state index contributed by atoms with van der Waals surface area (Å²) in [6, 6.07) is 9.55. The topological polar surface area (TPSA) is 46.5 Å². The number of carbonyl (C=O) groups is 1. The average Bonchev–Trinajstić information content (AvgIpc) is 2.47. The number of aromatic hydroxyl groups is 1. The highest BCUT2D eigenvalue weighted by Gasteiger charge is 2.32. The van der Waals surface area contributed by atoms with Crippen LogP contribution in [0.25, 0.3) is 6.08 Å². The summed E-state index contributed by atoms with van der Waals surface area (Å²) in [5.74, 6) is -1.73. The van der Waals surface area contributed by atoms with Crippen LogP contribution in [0.1, 0.15) is 15.9 Å². The molecule has 3 nitrogen and oxygen atoms in total. The molecule has 0 bridgehead atoms. The molecule has 1 N–H and O–H groups in total. The number of rotatable bonds is 4. The Balaban J connectivity index is 2.17. The van der Waals surface area contributed by atoms with E-state index in [-0.39, 0.29) is 11.3 Å². The fourth-order valence-electron chi connectivity index (χ4n) is 1.72. The zero-order valence-corrected chi connectivity index (χ0v) is 12.2. The minimum atomic E-state index is -4.92. The number of hydrogen-bond donors (Lipinski definition) is 1. The van der Waals surface area contributed by atoms with E-state index in [2.05, 4.69) is 4.74 Å². The Hall–Kier alpha value is -2.47. The van der Waals surface area contributed by atoms with E-state index < -0.39 is 17.9 Å². The lowest BCUT2D eigenvalue weighted by atomic mass is 10.1. The van der Waals surface area contributed by atoms with Crippen molar-refractivity contribution in [3.05, 3.63) is 64.7 Å². The molecule has 23 heavy (non-hydrogen) atoms. The van der Waals surface area contributed by atoms with Gasteiger partial charge >= 0.3 is 6.36 Å². The summed E-state index contributed by atoms with van der Waals surface area (Å²) in [6.45, 7) is 0. The maximum atomic E-state index is 12.2. The molecule has 0 spiro atoms. The summed E-state index contributed by atoms with van der Waals surface area (Å²) < 4.78 is 40.3. The number of hydrogen-bond acceptors (Lipinski definition) is 3. The van der Waals surface area contributed by atoms with Gasteiger partial charge in [0.1, 0.15) is 0 Å². The number of carbonyl (C=O) groups excluding carboxylic acids is 1. The van der Waals surface area contributed by atoms with Gasteiger partial charge in [-0.2, -0.15) is 0 Å². The molecule has 7 heteroatoms. The van der Waals surface area contributed by atoms with Crippen LogP contribution in [0.15, 0.2) is 48.5 Å². The first kappa shape index (κ1) is 16.9. The van der Waals surface area contributed by atoms with Crippen LogP contribution in [-0.4, -0.2) is 17.3 Å². The predicted octanol–water partition coefficient (Wildman–Crippen LogP) is 4.84. The Morgan fingerprint density at radius 3 is 2.39 bits per heavy atom. The van der Waals surface area contributed by atoms with Crippen LogP contribution in [-0.2, 0) is 0 Å². The number of phenolic OH excluding ortho intramolecular Hbond substituents is 1. The first-order valence-electron chi connectivity index (χ1n) is 6.31. The van der Waals surface area contributed by atoms with Crippen molar-refractivity contribution in [1.82, 2.24) is 0 Å². The van der Waals surface area contributed by atoms with Gasteiger partial charge in [-0.05, 0) is 48.0 Å². The van der Waals surface area contributed by atoms with Crippen molar-refractivity contribution in [2.75, 3.05) is 0 Å². The average molecular weight is 343 g/mol. The molecule has 0 aliphatic carbocycles. The van der Waals surface area contributed by atoms with Crippen LogP contribution in [0.4, 0.5) is 13.2 Å². The Kier molecular flexibility index (Phi) is 4.95. The predicted molar refractivity (Wildman–Crippen MR) is 79.6 cm³/mol. The Morgan fingerprint density at radius 2 is 1.78 bits per heavy atom. The molecule has 2 aromatic rings. The van der Waals surface area contributed by atoms with E-state index in [0.29, 0.717) is 10.6 Å². The van der Waals surface area contributed by atoms with Gasteiger partial charge in [0.15, 0.2) is 17.3 Å². The molecule has 0 aliphatic rings. The molecule has 0 radical (unpaired) electrons. The summed E-state index contributed by atoms with van der Waals surface area (Å²) in [5.41, 5.74) is 0.653. The van der Waals surface area contributed by atoms with Gasteiger partial charge in [-0.15, -0.1) is 13.2 Å². The van der Waals surface area contributed by atoms with Gasteiger partial charge in [0.2, 0.25) is 0 Å². The molecular weight excluding hydrogens is 333 g/mol. The standard InChI is InChI=1S/C16H10ClF3O3/c17-12-5-3-11(4-6-12)13(21)7-1-10-2-8-14(22)15(9-10)23-16(18,19)20/h1-9,22H/b7-1+. The quantitative estimate of drug-likeness (QED) is 0.639. The summed E-state index contributed by atoms with van der Waals surface area (Å²) in [4.78, 5) is 11.9. The molecule has 0 aliphatic heterocycles. The van der Waals surface area contributed by atoms with Crippen LogP contribution in [0, 0.1) is 0 Å². The van der Waals surface area contributed by atoms with Gasteiger partial charge in [-0.1, -0.05) is 23.7 Å². The van der Waals surface area contributed by atoms with Crippen molar-refractivity contribution in [2.45, 2.75) is 6.36 Å². The van der Waals surface area contributed by atoms with Gasteiger partial charge in [0.25, 0.3) is 0 Å². The third kappa shape index (κ3) is 5.03. The van der Waals surface area contributed by atoms with Crippen LogP contribution in [0.2, 0.25) is 5.02 Å². The maximum Gasteiger partial charge on any atom is 0.573 e. The molecule has 0 saturated carbocycles. The first-order valence-corrected chi connectivity index (χ1v) is 6.69. The van der Waals surface area contributed by atoms with Crippen LogP contribution in [0.3, 0.4) is 0 Å². The van der Waals surface area contributed by atoms with E-state index in [0.717, 1.165) is 12.1 Å². The summed E-state index contributed by atoms with van der Waals surface area (Å²) in [6.07, 6.45) is -2.40.